The van der Waals surface area contributed by atoms with Crippen molar-refractivity contribution in [2.24, 2.45) is 5.92 Å². The molecular formula is C11H20ClNO. The standard InChI is InChI=1S/C11H20ClNO/c1-3-9-4-6-10(7-5-9)13-11(14)8(2)12/h8-10H,3-7H2,1-2H3,(H,13,14). The summed E-state index contributed by atoms with van der Waals surface area (Å²) < 4.78 is 0. The lowest BCUT2D eigenvalue weighted by Gasteiger charge is -2.28. The van der Waals surface area contributed by atoms with E-state index >= 15 is 0 Å². The highest BCUT2D eigenvalue weighted by Crippen LogP contribution is 2.26. The van der Waals surface area contributed by atoms with Crippen LogP contribution >= 0.6 is 11.6 Å². The Morgan fingerprint density at radius 3 is 2.43 bits per heavy atom. The van der Waals surface area contributed by atoms with Crippen molar-refractivity contribution in [1.29, 1.82) is 0 Å². The molecule has 1 amide bonds. The lowest BCUT2D eigenvalue weighted by atomic mass is 9.84. The van der Waals surface area contributed by atoms with E-state index in [9.17, 15) is 4.79 Å². The normalized spacial score (nSPS) is 29.6. The van der Waals surface area contributed by atoms with Gasteiger partial charge in [-0.25, -0.2) is 0 Å². The van der Waals surface area contributed by atoms with Crippen LogP contribution in [0.5, 0.6) is 0 Å². The van der Waals surface area contributed by atoms with Crippen LogP contribution in [0.15, 0.2) is 0 Å². The molecule has 0 radical (unpaired) electrons. The van der Waals surface area contributed by atoms with Crippen LogP contribution in [0.3, 0.4) is 0 Å². The zero-order chi connectivity index (χ0) is 10.6. The smallest absolute Gasteiger partial charge is 0.237 e. The van der Waals surface area contributed by atoms with E-state index < -0.39 is 5.38 Å². The van der Waals surface area contributed by atoms with Gasteiger partial charge in [0, 0.05) is 6.04 Å². The van der Waals surface area contributed by atoms with E-state index in [2.05, 4.69) is 12.2 Å². The maximum absolute atomic E-state index is 11.3. The molecule has 0 saturated heterocycles. The SMILES string of the molecule is CCC1CCC(NC(=O)C(C)Cl)CC1. The second-order valence-electron chi connectivity index (χ2n) is 4.25. The van der Waals surface area contributed by atoms with Crippen molar-refractivity contribution in [1.82, 2.24) is 5.32 Å². The summed E-state index contributed by atoms with van der Waals surface area (Å²) in [6.07, 6.45) is 6.00. The molecule has 1 N–H and O–H groups in total. The highest BCUT2D eigenvalue weighted by atomic mass is 35.5. The minimum atomic E-state index is -0.404. The fraction of sp³-hybridized carbons (Fsp3) is 0.909. The summed E-state index contributed by atoms with van der Waals surface area (Å²) in [6.45, 7) is 3.96. The number of carbonyl (C=O) groups excluding carboxylic acids is 1. The van der Waals surface area contributed by atoms with Crippen molar-refractivity contribution in [2.45, 2.75) is 57.4 Å². The van der Waals surface area contributed by atoms with E-state index in [1.54, 1.807) is 6.92 Å². The number of alkyl halides is 1. The third kappa shape index (κ3) is 3.49. The Morgan fingerprint density at radius 2 is 2.00 bits per heavy atom. The van der Waals surface area contributed by atoms with Gasteiger partial charge < -0.3 is 5.32 Å². The van der Waals surface area contributed by atoms with Gasteiger partial charge in [0.25, 0.3) is 0 Å². The molecule has 1 rings (SSSR count). The van der Waals surface area contributed by atoms with Gasteiger partial charge in [-0.3, -0.25) is 4.79 Å². The molecule has 0 heterocycles. The van der Waals surface area contributed by atoms with Crippen LogP contribution in [0.4, 0.5) is 0 Å². The van der Waals surface area contributed by atoms with E-state index in [1.807, 2.05) is 0 Å². The van der Waals surface area contributed by atoms with E-state index in [0.717, 1.165) is 18.8 Å². The third-order valence-electron chi connectivity index (χ3n) is 3.13. The fourth-order valence-electron chi connectivity index (χ4n) is 2.03. The highest BCUT2D eigenvalue weighted by molar-refractivity contribution is 6.30. The van der Waals surface area contributed by atoms with Crippen molar-refractivity contribution in [3.63, 3.8) is 0 Å². The van der Waals surface area contributed by atoms with E-state index in [-0.39, 0.29) is 5.91 Å². The quantitative estimate of drug-likeness (QED) is 0.724. The van der Waals surface area contributed by atoms with Crippen molar-refractivity contribution in [3.8, 4) is 0 Å². The Labute approximate surface area is 91.4 Å². The fourth-order valence-corrected chi connectivity index (χ4v) is 2.09. The third-order valence-corrected chi connectivity index (χ3v) is 3.33. The highest BCUT2D eigenvalue weighted by Gasteiger charge is 2.22. The predicted molar refractivity (Wildman–Crippen MR) is 59.5 cm³/mol. The molecule has 0 aromatic carbocycles. The largest absolute Gasteiger partial charge is 0.352 e. The van der Waals surface area contributed by atoms with E-state index in [0.29, 0.717) is 6.04 Å². The van der Waals surface area contributed by atoms with Gasteiger partial charge in [0.2, 0.25) is 5.91 Å². The number of halogens is 1. The Balaban J connectivity index is 2.25. The average molecular weight is 218 g/mol. The van der Waals surface area contributed by atoms with Gasteiger partial charge in [0.1, 0.15) is 5.38 Å². The minimum Gasteiger partial charge on any atom is -0.352 e. The number of amides is 1. The molecule has 1 atom stereocenters. The van der Waals surface area contributed by atoms with Crippen LogP contribution in [0.25, 0.3) is 0 Å². The first-order valence-electron chi connectivity index (χ1n) is 5.58. The summed E-state index contributed by atoms with van der Waals surface area (Å²) in [4.78, 5) is 11.3. The monoisotopic (exact) mass is 217 g/mol. The first kappa shape index (κ1) is 11.8. The van der Waals surface area contributed by atoms with Crippen LogP contribution < -0.4 is 5.32 Å². The maximum atomic E-state index is 11.3. The Kier molecular flexibility index (Phi) is 4.73. The predicted octanol–water partition coefficient (Wildman–Crippen LogP) is 2.70. The number of nitrogens with one attached hydrogen (secondary N) is 1. The molecule has 1 unspecified atom stereocenters. The molecule has 0 bridgehead atoms. The van der Waals surface area contributed by atoms with Gasteiger partial charge >= 0.3 is 0 Å². The molecule has 0 spiro atoms. The minimum absolute atomic E-state index is 0.0217. The van der Waals surface area contributed by atoms with Crippen molar-refractivity contribution in [3.05, 3.63) is 0 Å². The molecule has 1 aliphatic rings. The van der Waals surface area contributed by atoms with Crippen molar-refractivity contribution >= 4 is 17.5 Å². The lowest BCUT2D eigenvalue weighted by molar-refractivity contribution is -0.121. The van der Waals surface area contributed by atoms with Crippen LogP contribution in [-0.2, 0) is 4.79 Å². The lowest BCUT2D eigenvalue weighted by Crippen LogP contribution is -2.40. The zero-order valence-corrected chi connectivity index (χ0v) is 9.81. The second kappa shape index (κ2) is 5.59. The van der Waals surface area contributed by atoms with E-state index in [1.165, 1.54) is 19.3 Å². The summed E-state index contributed by atoms with van der Waals surface area (Å²) in [6, 6.07) is 0.367. The van der Waals surface area contributed by atoms with Crippen molar-refractivity contribution in [2.75, 3.05) is 0 Å². The number of hydrogen-bond acceptors (Lipinski definition) is 1. The maximum Gasteiger partial charge on any atom is 0.237 e. The molecule has 3 heteroatoms. The molecule has 0 aliphatic heterocycles. The number of carbonyl (C=O) groups is 1. The van der Waals surface area contributed by atoms with Crippen LogP contribution in [-0.4, -0.2) is 17.3 Å². The Morgan fingerprint density at radius 1 is 1.43 bits per heavy atom. The molecule has 1 saturated carbocycles. The molecule has 14 heavy (non-hydrogen) atoms. The summed E-state index contributed by atoms with van der Waals surface area (Å²) in [5.41, 5.74) is 0. The van der Waals surface area contributed by atoms with Gasteiger partial charge in [-0.2, -0.15) is 0 Å². The first-order chi connectivity index (χ1) is 6.63. The molecule has 2 nitrogen and oxygen atoms in total. The molecule has 1 aliphatic carbocycles. The Hall–Kier alpha value is -0.240. The summed E-state index contributed by atoms with van der Waals surface area (Å²) in [5, 5.41) is 2.59. The zero-order valence-electron chi connectivity index (χ0n) is 9.05. The van der Waals surface area contributed by atoms with Gasteiger partial charge in [-0.1, -0.05) is 13.3 Å². The van der Waals surface area contributed by atoms with Gasteiger partial charge in [-0.15, -0.1) is 11.6 Å². The Bertz CT molecular complexity index is 186. The molecule has 1 fully saturated rings. The summed E-state index contributed by atoms with van der Waals surface area (Å²) in [7, 11) is 0. The molecular weight excluding hydrogens is 198 g/mol. The first-order valence-corrected chi connectivity index (χ1v) is 6.01. The molecule has 0 aromatic heterocycles. The van der Waals surface area contributed by atoms with Crippen molar-refractivity contribution < 1.29 is 4.79 Å². The van der Waals surface area contributed by atoms with Crippen LogP contribution in [0.2, 0.25) is 0 Å². The van der Waals surface area contributed by atoms with Gasteiger partial charge in [-0.05, 0) is 38.5 Å². The number of rotatable bonds is 3. The summed E-state index contributed by atoms with van der Waals surface area (Å²) in [5.74, 6) is 0.850. The summed E-state index contributed by atoms with van der Waals surface area (Å²) >= 11 is 5.69. The molecule has 0 aromatic rings. The topological polar surface area (TPSA) is 29.1 Å². The average Bonchev–Trinajstić information content (AvgIpc) is 2.19. The number of hydrogen-bond donors (Lipinski definition) is 1. The van der Waals surface area contributed by atoms with E-state index in [4.69, 9.17) is 11.6 Å². The van der Waals surface area contributed by atoms with Gasteiger partial charge in [0.05, 0.1) is 0 Å². The molecule has 82 valence electrons. The van der Waals surface area contributed by atoms with Gasteiger partial charge in [0.15, 0.2) is 0 Å². The van der Waals surface area contributed by atoms with Crippen LogP contribution in [0, 0.1) is 5.92 Å². The second-order valence-corrected chi connectivity index (χ2v) is 4.91. The van der Waals surface area contributed by atoms with Crippen LogP contribution in [0.1, 0.15) is 46.0 Å².